The average molecular weight is 409 g/mol. The first-order valence-electron chi connectivity index (χ1n) is 9.98. The van der Waals surface area contributed by atoms with E-state index in [0.717, 1.165) is 36.6 Å². The first-order valence-corrected chi connectivity index (χ1v) is 9.98. The molecule has 0 unspecified atom stereocenters. The number of para-hydroxylation sites is 1. The fraction of sp³-hybridized carbons (Fsp3) is 0.304. The van der Waals surface area contributed by atoms with Gasteiger partial charge in [0.1, 0.15) is 11.3 Å². The SMILES string of the molecule is CCNC(=NCc1ccc(OC)c(C(=O)OC)c1)NCCc1c[nH]c2ccccc12. The summed E-state index contributed by atoms with van der Waals surface area (Å²) in [6.07, 6.45) is 2.94. The Morgan fingerprint density at radius 3 is 2.73 bits per heavy atom. The Bertz CT molecular complexity index is 1030. The second-order valence-electron chi connectivity index (χ2n) is 6.76. The number of aliphatic imine (C=N–C) groups is 1. The highest BCUT2D eigenvalue weighted by Crippen LogP contribution is 2.21. The molecule has 0 bridgehead atoms. The summed E-state index contributed by atoms with van der Waals surface area (Å²) >= 11 is 0. The van der Waals surface area contributed by atoms with Crippen LogP contribution in [-0.2, 0) is 17.7 Å². The van der Waals surface area contributed by atoms with E-state index >= 15 is 0 Å². The van der Waals surface area contributed by atoms with Gasteiger partial charge in [0.25, 0.3) is 0 Å². The van der Waals surface area contributed by atoms with E-state index in [1.165, 1.54) is 25.2 Å². The number of aromatic amines is 1. The van der Waals surface area contributed by atoms with Crippen LogP contribution in [-0.4, -0.2) is 44.2 Å². The van der Waals surface area contributed by atoms with Crippen molar-refractivity contribution in [2.24, 2.45) is 4.99 Å². The number of esters is 1. The van der Waals surface area contributed by atoms with Gasteiger partial charge in [0.05, 0.1) is 20.8 Å². The number of benzene rings is 2. The van der Waals surface area contributed by atoms with E-state index in [9.17, 15) is 4.79 Å². The highest BCUT2D eigenvalue weighted by Gasteiger charge is 2.13. The second kappa shape index (κ2) is 10.3. The fourth-order valence-corrected chi connectivity index (χ4v) is 3.29. The maximum absolute atomic E-state index is 12.0. The minimum atomic E-state index is -0.429. The lowest BCUT2D eigenvalue weighted by atomic mass is 10.1. The summed E-state index contributed by atoms with van der Waals surface area (Å²) in [6.45, 7) is 3.97. The van der Waals surface area contributed by atoms with Gasteiger partial charge in [-0.1, -0.05) is 24.3 Å². The molecule has 0 radical (unpaired) electrons. The summed E-state index contributed by atoms with van der Waals surface area (Å²) in [5.41, 5.74) is 3.70. The van der Waals surface area contributed by atoms with Crippen LogP contribution in [0.1, 0.15) is 28.4 Å². The highest BCUT2D eigenvalue weighted by atomic mass is 16.5. The molecule has 2 aromatic carbocycles. The van der Waals surface area contributed by atoms with Gasteiger partial charge in [-0.3, -0.25) is 0 Å². The number of nitrogens with zero attached hydrogens (tertiary/aromatic N) is 1. The third-order valence-electron chi connectivity index (χ3n) is 4.79. The summed E-state index contributed by atoms with van der Waals surface area (Å²) in [4.78, 5) is 19.9. The Balaban J connectivity index is 1.65. The number of nitrogens with one attached hydrogen (secondary N) is 3. The normalized spacial score (nSPS) is 11.4. The third kappa shape index (κ3) is 5.11. The Kier molecular flexibility index (Phi) is 7.32. The second-order valence-corrected chi connectivity index (χ2v) is 6.76. The van der Waals surface area contributed by atoms with Crippen LogP contribution in [0.15, 0.2) is 53.7 Å². The van der Waals surface area contributed by atoms with Crippen molar-refractivity contribution in [2.45, 2.75) is 19.9 Å². The van der Waals surface area contributed by atoms with Crippen LogP contribution < -0.4 is 15.4 Å². The number of carbonyl (C=O) groups is 1. The van der Waals surface area contributed by atoms with Gasteiger partial charge in [0, 0.05) is 30.2 Å². The van der Waals surface area contributed by atoms with Crippen LogP contribution in [0.3, 0.4) is 0 Å². The van der Waals surface area contributed by atoms with E-state index < -0.39 is 5.97 Å². The van der Waals surface area contributed by atoms with Crippen LogP contribution in [0.25, 0.3) is 10.9 Å². The molecular weight excluding hydrogens is 380 g/mol. The van der Waals surface area contributed by atoms with Gasteiger partial charge in [-0.25, -0.2) is 9.79 Å². The molecule has 0 aliphatic heterocycles. The number of hydrogen-bond donors (Lipinski definition) is 3. The highest BCUT2D eigenvalue weighted by molar-refractivity contribution is 5.92. The molecule has 0 aliphatic carbocycles. The Labute approximate surface area is 176 Å². The number of guanidine groups is 1. The number of aromatic nitrogens is 1. The molecule has 0 saturated carbocycles. The smallest absolute Gasteiger partial charge is 0.341 e. The molecule has 7 nitrogen and oxygen atoms in total. The molecule has 1 heterocycles. The van der Waals surface area contributed by atoms with Crippen LogP contribution in [0.5, 0.6) is 5.75 Å². The lowest BCUT2D eigenvalue weighted by Crippen LogP contribution is -2.38. The number of rotatable bonds is 8. The molecule has 0 fully saturated rings. The molecule has 3 rings (SSSR count). The Hall–Kier alpha value is -3.48. The van der Waals surface area contributed by atoms with Crippen LogP contribution in [0.2, 0.25) is 0 Å². The van der Waals surface area contributed by atoms with Crippen molar-refractivity contribution in [3.63, 3.8) is 0 Å². The van der Waals surface area contributed by atoms with E-state index in [1.54, 1.807) is 12.1 Å². The maximum atomic E-state index is 12.0. The number of methoxy groups -OCH3 is 2. The quantitative estimate of drug-likeness (QED) is 0.303. The largest absolute Gasteiger partial charge is 0.496 e. The molecule has 30 heavy (non-hydrogen) atoms. The van der Waals surface area contributed by atoms with Crippen molar-refractivity contribution < 1.29 is 14.3 Å². The Morgan fingerprint density at radius 2 is 1.97 bits per heavy atom. The predicted octanol–water partition coefficient (Wildman–Crippen LogP) is 3.26. The van der Waals surface area contributed by atoms with Crippen molar-refractivity contribution in [3.8, 4) is 5.75 Å². The lowest BCUT2D eigenvalue weighted by molar-refractivity contribution is 0.0597. The zero-order chi connectivity index (χ0) is 21.3. The van der Waals surface area contributed by atoms with Gasteiger partial charge in [0.15, 0.2) is 5.96 Å². The van der Waals surface area contributed by atoms with E-state index in [0.29, 0.717) is 17.9 Å². The minimum absolute atomic E-state index is 0.394. The zero-order valence-electron chi connectivity index (χ0n) is 17.6. The van der Waals surface area contributed by atoms with Crippen molar-refractivity contribution in [3.05, 3.63) is 65.4 Å². The molecule has 3 N–H and O–H groups in total. The molecule has 1 aromatic heterocycles. The Morgan fingerprint density at radius 1 is 1.13 bits per heavy atom. The summed E-state index contributed by atoms with van der Waals surface area (Å²) < 4.78 is 10.1. The molecular formula is C23H28N4O3. The van der Waals surface area contributed by atoms with Gasteiger partial charge >= 0.3 is 5.97 Å². The van der Waals surface area contributed by atoms with Gasteiger partial charge in [-0.05, 0) is 42.7 Å². The summed E-state index contributed by atoms with van der Waals surface area (Å²) in [5.74, 6) is 0.785. The van der Waals surface area contributed by atoms with Gasteiger partial charge in [-0.2, -0.15) is 0 Å². The number of carbonyl (C=O) groups excluding carboxylic acids is 1. The molecule has 0 saturated heterocycles. The lowest BCUT2D eigenvalue weighted by Gasteiger charge is -2.12. The molecule has 0 spiro atoms. The molecule has 158 valence electrons. The van der Waals surface area contributed by atoms with Crippen molar-refractivity contribution >= 4 is 22.8 Å². The van der Waals surface area contributed by atoms with E-state index in [4.69, 9.17) is 9.47 Å². The topological polar surface area (TPSA) is 87.7 Å². The number of fused-ring (bicyclic) bond motifs is 1. The fourth-order valence-electron chi connectivity index (χ4n) is 3.29. The van der Waals surface area contributed by atoms with Gasteiger partial charge in [-0.15, -0.1) is 0 Å². The van der Waals surface area contributed by atoms with Crippen LogP contribution in [0, 0.1) is 0 Å². The summed E-state index contributed by atoms with van der Waals surface area (Å²) in [5, 5.41) is 7.87. The molecule has 7 heteroatoms. The molecule has 0 atom stereocenters. The van der Waals surface area contributed by atoms with E-state index in [-0.39, 0.29) is 0 Å². The van der Waals surface area contributed by atoms with Gasteiger partial charge in [0.2, 0.25) is 0 Å². The monoisotopic (exact) mass is 408 g/mol. The minimum Gasteiger partial charge on any atom is -0.496 e. The average Bonchev–Trinajstić information content (AvgIpc) is 3.20. The number of ether oxygens (including phenoxy) is 2. The summed E-state index contributed by atoms with van der Waals surface area (Å²) in [7, 11) is 2.88. The van der Waals surface area contributed by atoms with Gasteiger partial charge < -0.3 is 25.1 Å². The first kappa shape index (κ1) is 21.2. The third-order valence-corrected chi connectivity index (χ3v) is 4.79. The van der Waals surface area contributed by atoms with Crippen molar-refractivity contribution in [1.29, 1.82) is 0 Å². The first-order chi connectivity index (χ1) is 14.7. The molecule has 0 aliphatic rings. The zero-order valence-corrected chi connectivity index (χ0v) is 17.6. The maximum Gasteiger partial charge on any atom is 0.341 e. The number of H-pyrrole nitrogens is 1. The van der Waals surface area contributed by atoms with E-state index in [2.05, 4.69) is 45.0 Å². The van der Waals surface area contributed by atoms with E-state index in [1.807, 2.05) is 19.1 Å². The van der Waals surface area contributed by atoms with Crippen molar-refractivity contribution in [2.75, 3.05) is 27.3 Å². The number of hydrogen-bond acceptors (Lipinski definition) is 4. The standard InChI is InChI=1S/C23H28N4O3/c1-4-24-23(25-12-11-17-15-26-20-8-6-5-7-18(17)20)27-14-16-9-10-21(29-2)19(13-16)22(28)30-3/h5-10,13,15,26H,4,11-12,14H2,1-3H3,(H2,24,25,27). The molecule has 0 amide bonds. The molecule has 3 aromatic rings. The van der Waals surface area contributed by atoms with Crippen molar-refractivity contribution in [1.82, 2.24) is 15.6 Å². The van der Waals surface area contributed by atoms with Crippen LogP contribution >= 0.6 is 0 Å². The summed E-state index contributed by atoms with van der Waals surface area (Å²) in [6, 6.07) is 13.7. The van der Waals surface area contributed by atoms with Crippen LogP contribution in [0.4, 0.5) is 0 Å². The predicted molar refractivity (Wildman–Crippen MR) is 119 cm³/mol.